The molecule has 0 bridgehead atoms. The van der Waals surface area contributed by atoms with Gasteiger partial charge in [0.25, 0.3) is 5.56 Å². The van der Waals surface area contributed by atoms with E-state index >= 15 is 0 Å². The quantitative estimate of drug-likeness (QED) is 0.496. The van der Waals surface area contributed by atoms with Crippen LogP contribution in [0, 0.1) is 0 Å². The normalized spacial score (nSPS) is 12.3. The second-order valence-corrected chi connectivity index (χ2v) is 6.51. The molecule has 0 spiro atoms. The number of nitrogens with one attached hydrogen (secondary N) is 1. The molecule has 0 unspecified atom stereocenters. The van der Waals surface area contributed by atoms with Crippen LogP contribution in [0.3, 0.4) is 0 Å². The molecule has 2 aromatic heterocycles. The summed E-state index contributed by atoms with van der Waals surface area (Å²) in [5.74, 6) is 1.29. The topological polar surface area (TPSA) is 151 Å². The van der Waals surface area contributed by atoms with Crippen molar-refractivity contribution in [2.45, 2.75) is 25.9 Å². The third-order valence-corrected chi connectivity index (χ3v) is 4.38. The third kappa shape index (κ3) is 3.93. The van der Waals surface area contributed by atoms with Crippen LogP contribution in [0.25, 0.3) is 10.9 Å². The van der Waals surface area contributed by atoms with Crippen LogP contribution in [0.15, 0.2) is 29.1 Å². The van der Waals surface area contributed by atoms with Crippen molar-refractivity contribution in [2.75, 3.05) is 23.3 Å². The van der Waals surface area contributed by atoms with Gasteiger partial charge in [-0.25, -0.2) is 4.98 Å². The smallest absolute Gasteiger partial charge is 0.262 e. The highest BCUT2D eigenvalue weighted by Gasteiger charge is 2.18. The molecule has 0 fully saturated rings. The predicted octanol–water partition coefficient (Wildman–Crippen LogP) is 1.53. The zero-order valence-electron chi connectivity index (χ0n) is 14.8. The fraction of sp³-hybridized carbons (Fsp3) is 0.294. The van der Waals surface area contributed by atoms with Crippen molar-refractivity contribution in [1.82, 2.24) is 19.5 Å². The van der Waals surface area contributed by atoms with Gasteiger partial charge in [-0.05, 0) is 32.0 Å². The van der Waals surface area contributed by atoms with Gasteiger partial charge in [-0.15, -0.1) is 0 Å². The van der Waals surface area contributed by atoms with Gasteiger partial charge in [0.15, 0.2) is 0 Å². The minimum atomic E-state index is -0.354. The maximum absolute atomic E-state index is 13.0. The van der Waals surface area contributed by atoms with E-state index in [4.69, 9.17) is 28.8 Å². The van der Waals surface area contributed by atoms with Crippen molar-refractivity contribution in [3.05, 3.63) is 45.5 Å². The number of fused-ring (bicyclic) bond motifs is 1. The van der Waals surface area contributed by atoms with E-state index in [-0.39, 0.29) is 23.4 Å². The first kappa shape index (κ1) is 18.9. The summed E-state index contributed by atoms with van der Waals surface area (Å²) in [5.41, 5.74) is 17.3. The van der Waals surface area contributed by atoms with Gasteiger partial charge in [-0.3, -0.25) is 9.36 Å². The monoisotopic (exact) mass is 388 g/mol. The Hall–Kier alpha value is -2.91. The number of anilines is 3. The van der Waals surface area contributed by atoms with Gasteiger partial charge in [0, 0.05) is 12.6 Å². The molecule has 0 aliphatic rings. The van der Waals surface area contributed by atoms with Crippen LogP contribution in [-0.4, -0.2) is 26.1 Å². The molecule has 3 aromatic rings. The number of aromatic nitrogens is 4. The van der Waals surface area contributed by atoms with Gasteiger partial charge in [0.05, 0.1) is 22.0 Å². The minimum absolute atomic E-state index is 0.0588. The lowest BCUT2D eigenvalue weighted by molar-refractivity contribution is 0.570. The lowest BCUT2D eigenvalue weighted by Gasteiger charge is -2.20. The number of hydrogen-bond acceptors (Lipinski definition) is 8. The lowest BCUT2D eigenvalue weighted by Crippen LogP contribution is -2.29. The van der Waals surface area contributed by atoms with Crippen molar-refractivity contribution < 1.29 is 0 Å². The van der Waals surface area contributed by atoms with Gasteiger partial charge < -0.3 is 22.5 Å². The van der Waals surface area contributed by atoms with E-state index in [0.717, 1.165) is 0 Å². The summed E-state index contributed by atoms with van der Waals surface area (Å²) < 4.78 is 1.59. The Kier molecular flexibility index (Phi) is 5.43. The Morgan fingerprint density at radius 1 is 1.26 bits per heavy atom. The fourth-order valence-corrected chi connectivity index (χ4v) is 3.13. The summed E-state index contributed by atoms with van der Waals surface area (Å²) in [7, 11) is 0. The number of nitrogen functional groups attached to an aromatic ring is 2. The molecular formula is C17H21ClN8O. The molecule has 9 nitrogen and oxygen atoms in total. The molecule has 10 heteroatoms. The van der Waals surface area contributed by atoms with Gasteiger partial charge >= 0.3 is 0 Å². The Bertz CT molecular complexity index is 1020. The predicted molar refractivity (Wildman–Crippen MR) is 108 cm³/mol. The van der Waals surface area contributed by atoms with E-state index in [1.807, 2.05) is 6.92 Å². The molecule has 2 heterocycles. The highest BCUT2D eigenvalue weighted by atomic mass is 35.5. The molecule has 0 saturated heterocycles. The zero-order chi connectivity index (χ0) is 19.6. The molecular weight excluding hydrogens is 368 g/mol. The number of benzene rings is 1. The van der Waals surface area contributed by atoms with Gasteiger partial charge in [0.2, 0.25) is 5.95 Å². The highest BCUT2D eigenvalue weighted by molar-refractivity contribution is 6.35. The van der Waals surface area contributed by atoms with Crippen molar-refractivity contribution in [3.63, 3.8) is 0 Å². The van der Waals surface area contributed by atoms with E-state index in [9.17, 15) is 4.79 Å². The van der Waals surface area contributed by atoms with Crippen molar-refractivity contribution in [2.24, 2.45) is 5.73 Å². The highest BCUT2D eigenvalue weighted by Crippen LogP contribution is 2.23. The van der Waals surface area contributed by atoms with Crippen LogP contribution >= 0.6 is 11.6 Å². The molecule has 0 radical (unpaired) electrons. The summed E-state index contributed by atoms with van der Waals surface area (Å²) >= 11 is 6.23. The maximum Gasteiger partial charge on any atom is 0.262 e. The summed E-state index contributed by atoms with van der Waals surface area (Å²) in [6.45, 7) is 2.75. The fourth-order valence-electron chi connectivity index (χ4n) is 2.88. The lowest BCUT2D eigenvalue weighted by atomic mass is 10.2. The van der Waals surface area contributed by atoms with Crippen LogP contribution in [0.5, 0.6) is 0 Å². The summed E-state index contributed by atoms with van der Waals surface area (Å²) in [4.78, 5) is 25.7. The average Bonchev–Trinajstić information content (AvgIpc) is 2.59. The number of hydrogen-bond donors (Lipinski definition) is 4. The molecule has 0 aliphatic heterocycles. The van der Waals surface area contributed by atoms with Crippen LogP contribution in [-0.2, 0) is 6.54 Å². The van der Waals surface area contributed by atoms with Crippen molar-refractivity contribution >= 4 is 40.1 Å². The second kappa shape index (κ2) is 7.77. The zero-order valence-corrected chi connectivity index (χ0v) is 15.6. The van der Waals surface area contributed by atoms with Crippen LogP contribution < -0.4 is 28.1 Å². The van der Waals surface area contributed by atoms with Crippen LogP contribution in [0.4, 0.5) is 17.6 Å². The number of halogens is 1. The minimum Gasteiger partial charge on any atom is -0.383 e. The largest absolute Gasteiger partial charge is 0.383 e. The number of nitrogens with zero attached hydrogens (tertiary/aromatic N) is 4. The molecule has 7 N–H and O–H groups in total. The molecule has 27 heavy (non-hydrogen) atoms. The first-order valence-corrected chi connectivity index (χ1v) is 8.84. The van der Waals surface area contributed by atoms with Gasteiger partial charge in [-0.1, -0.05) is 17.7 Å². The van der Waals surface area contributed by atoms with E-state index < -0.39 is 0 Å². The third-order valence-electron chi connectivity index (χ3n) is 4.06. The molecule has 0 aliphatic carbocycles. The van der Waals surface area contributed by atoms with E-state index in [2.05, 4.69) is 20.3 Å². The van der Waals surface area contributed by atoms with Gasteiger partial charge in [0.1, 0.15) is 17.5 Å². The van der Waals surface area contributed by atoms with E-state index in [1.54, 1.807) is 28.8 Å². The Morgan fingerprint density at radius 2 is 2.04 bits per heavy atom. The first-order chi connectivity index (χ1) is 12.9. The van der Waals surface area contributed by atoms with Crippen molar-refractivity contribution in [3.8, 4) is 0 Å². The first-order valence-electron chi connectivity index (χ1n) is 8.46. The molecule has 3 rings (SSSR count). The average molecular weight is 389 g/mol. The van der Waals surface area contributed by atoms with E-state index in [0.29, 0.717) is 47.1 Å². The molecule has 1 aromatic carbocycles. The maximum atomic E-state index is 13.0. The van der Waals surface area contributed by atoms with Crippen LogP contribution in [0.1, 0.15) is 25.2 Å². The summed E-state index contributed by atoms with van der Waals surface area (Å²) in [6.07, 6.45) is 0.630. The summed E-state index contributed by atoms with van der Waals surface area (Å²) in [5, 5.41) is 3.93. The second-order valence-electron chi connectivity index (χ2n) is 6.11. The number of nitrogens with two attached hydrogens (primary N) is 3. The Balaban J connectivity index is 2.09. The molecule has 0 saturated carbocycles. The molecule has 1 atom stereocenters. The van der Waals surface area contributed by atoms with Crippen LogP contribution in [0.2, 0.25) is 5.02 Å². The standard InChI is InChI=1S/C17H21ClN8O/c1-9(22-13-8-12(20)24-17(21)25-13)15-23-11-5-2-4-10(18)14(11)16(27)26(15)7-3-6-19/h2,4-5,8-9H,3,6-7,19H2,1H3,(H5,20,21,22,24,25)/t9-/m0/s1. The Labute approximate surface area is 160 Å². The van der Waals surface area contributed by atoms with E-state index in [1.165, 1.54) is 0 Å². The Morgan fingerprint density at radius 3 is 2.74 bits per heavy atom. The summed E-state index contributed by atoms with van der Waals surface area (Å²) in [6, 6.07) is 6.40. The molecule has 0 amide bonds. The number of rotatable bonds is 6. The molecule has 142 valence electrons. The SMILES string of the molecule is C[C@H](Nc1cc(N)nc(N)n1)c1nc2cccc(Cl)c2c(=O)n1CCCN. The van der Waals surface area contributed by atoms with Crippen molar-refractivity contribution in [1.29, 1.82) is 0 Å². The van der Waals surface area contributed by atoms with Gasteiger partial charge in [-0.2, -0.15) is 9.97 Å².